The van der Waals surface area contributed by atoms with Crippen LogP contribution in [0.5, 0.6) is 0 Å². The van der Waals surface area contributed by atoms with Gasteiger partial charge >= 0.3 is 5.97 Å². The third kappa shape index (κ3) is 21.0. The number of hydrogen-bond donors (Lipinski definition) is 3. The van der Waals surface area contributed by atoms with Crippen molar-refractivity contribution in [1.82, 2.24) is 5.32 Å². The van der Waals surface area contributed by atoms with Crippen molar-refractivity contribution in [1.29, 1.82) is 0 Å². The Bertz CT molecular complexity index is 1510. The lowest BCUT2D eigenvalue weighted by Gasteiger charge is -2.46. The Balaban J connectivity index is 1.34. The molecule has 2 aromatic rings. The van der Waals surface area contributed by atoms with Crippen molar-refractivity contribution >= 4 is 11.9 Å². The number of rotatable bonds is 35. The third-order valence-corrected chi connectivity index (χ3v) is 12.6. The number of unbranched alkanes of at least 4 members (excludes halogenated alkanes) is 23. The van der Waals surface area contributed by atoms with Gasteiger partial charge < -0.3 is 39.2 Å². The van der Waals surface area contributed by atoms with E-state index in [4.69, 9.17) is 23.7 Å². The number of aliphatic hydroxyl groups is 2. The van der Waals surface area contributed by atoms with Crippen LogP contribution in [-0.2, 0) is 28.5 Å². The Hall–Kier alpha value is -3.12. The van der Waals surface area contributed by atoms with Crippen molar-refractivity contribution in [3.05, 3.63) is 83.9 Å². The minimum atomic E-state index is -1.44. The van der Waals surface area contributed by atoms with Gasteiger partial charge in [0.15, 0.2) is 12.6 Å². The standard InChI is InChI=1S/C54H85NO9/c1-3-5-7-9-11-13-15-17-19-21-23-25-33-39-46(62-52(59)43-35-29-27-30-36-43)45(55-48(56)40-34-26-24-22-20-18-16-14-12-10-8-6-4-2)41-60-54-50(58)49(57)51-47(63-54)42-61-53(64-51)44-37-31-28-32-38-44/h27-33,35-39,45-47,49-51,53-54,57-58H,3-26,34,40-42H2,1-2H3,(H,55,56)/b39-33+/t45-,46+,47+,49+,50+,51-,53-,54+/m0/s1. The molecule has 2 fully saturated rings. The van der Waals surface area contributed by atoms with Gasteiger partial charge in [-0.05, 0) is 37.5 Å². The molecular formula is C54H85NO9. The molecule has 0 bridgehead atoms. The quantitative estimate of drug-likeness (QED) is 0.0351. The van der Waals surface area contributed by atoms with Crippen LogP contribution >= 0.6 is 0 Å². The van der Waals surface area contributed by atoms with Crippen LogP contribution < -0.4 is 5.32 Å². The second kappa shape index (κ2) is 33.4. The van der Waals surface area contributed by atoms with E-state index < -0.39 is 55.1 Å². The molecule has 2 aliphatic rings. The van der Waals surface area contributed by atoms with Crippen molar-refractivity contribution in [3.8, 4) is 0 Å². The average Bonchev–Trinajstić information content (AvgIpc) is 3.32. The normalized spacial score (nSPS) is 21.9. The summed E-state index contributed by atoms with van der Waals surface area (Å²) in [6.07, 6.45) is 27.5. The zero-order valence-corrected chi connectivity index (χ0v) is 39.6. The molecule has 0 aliphatic carbocycles. The molecule has 0 saturated carbocycles. The number of aliphatic hydroxyl groups excluding tert-OH is 2. The molecule has 64 heavy (non-hydrogen) atoms. The minimum Gasteiger partial charge on any atom is -0.452 e. The lowest BCUT2D eigenvalue weighted by molar-refractivity contribution is -0.362. The highest BCUT2D eigenvalue weighted by molar-refractivity contribution is 5.89. The van der Waals surface area contributed by atoms with E-state index >= 15 is 0 Å². The molecule has 2 heterocycles. The van der Waals surface area contributed by atoms with Crippen LogP contribution in [0.2, 0.25) is 0 Å². The number of allylic oxidation sites excluding steroid dienone is 1. The van der Waals surface area contributed by atoms with Gasteiger partial charge in [-0.15, -0.1) is 0 Å². The zero-order chi connectivity index (χ0) is 45.5. The van der Waals surface area contributed by atoms with Crippen molar-refractivity contribution in [2.45, 2.75) is 230 Å². The van der Waals surface area contributed by atoms with Crippen LogP contribution in [0.1, 0.15) is 203 Å². The largest absolute Gasteiger partial charge is 0.452 e. The fraction of sp³-hybridized carbons (Fsp3) is 0.704. The Morgan fingerprint density at radius 1 is 0.672 bits per heavy atom. The first-order chi connectivity index (χ1) is 31.4. The third-order valence-electron chi connectivity index (χ3n) is 12.6. The number of benzene rings is 2. The Morgan fingerprint density at radius 2 is 1.19 bits per heavy atom. The summed E-state index contributed by atoms with van der Waals surface area (Å²) in [6, 6.07) is 17.4. The number of amides is 1. The fourth-order valence-corrected chi connectivity index (χ4v) is 8.67. The highest BCUT2D eigenvalue weighted by atomic mass is 16.8. The van der Waals surface area contributed by atoms with E-state index in [0.29, 0.717) is 12.0 Å². The minimum absolute atomic E-state index is 0.117. The SMILES string of the molecule is CCCCCCCCCCCCC/C=C/[C@@H](OC(=O)c1ccccc1)[C@H](CO[C@@H]1O[C@@H]2CO[C@H](c3ccccc3)O[C@@H]2[C@H](O)[C@H]1O)NC(=O)CCCCCCCCCCCCCCC. The first-order valence-electron chi connectivity index (χ1n) is 25.6. The highest BCUT2D eigenvalue weighted by Crippen LogP contribution is 2.34. The van der Waals surface area contributed by atoms with Crippen molar-refractivity contribution in [2.24, 2.45) is 0 Å². The molecule has 4 rings (SSSR count). The van der Waals surface area contributed by atoms with Crippen LogP contribution in [0.4, 0.5) is 0 Å². The predicted octanol–water partition coefficient (Wildman–Crippen LogP) is 12.0. The molecular weight excluding hydrogens is 807 g/mol. The van der Waals surface area contributed by atoms with Crippen molar-refractivity contribution < 1.29 is 43.5 Å². The maximum Gasteiger partial charge on any atom is 0.338 e. The lowest BCUT2D eigenvalue weighted by Crippen LogP contribution is -2.62. The molecule has 2 aromatic carbocycles. The number of hydrogen-bond acceptors (Lipinski definition) is 9. The summed E-state index contributed by atoms with van der Waals surface area (Å²) in [4.78, 5) is 27.2. The predicted molar refractivity (Wildman–Crippen MR) is 255 cm³/mol. The van der Waals surface area contributed by atoms with Crippen LogP contribution in [0.15, 0.2) is 72.8 Å². The number of nitrogens with one attached hydrogen (secondary N) is 1. The number of esters is 1. The molecule has 8 atom stereocenters. The number of carbonyl (C=O) groups excluding carboxylic acids is 2. The summed E-state index contributed by atoms with van der Waals surface area (Å²) < 4.78 is 30.6. The lowest BCUT2D eigenvalue weighted by atomic mass is 9.98. The first-order valence-corrected chi connectivity index (χ1v) is 25.6. The van der Waals surface area contributed by atoms with E-state index in [1.807, 2.05) is 48.6 Å². The number of carbonyl (C=O) groups is 2. The molecule has 1 amide bonds. The van der Waals surface area contributed by atoms with Gasteiger partial charge in [-0.1, -0.05) is 210 Å². The topological polar surface area (TPSA) is 133 Å². The van der Waals surface area contributed by atoms with E-state index in [1.54, 1.807) is 24.3 Å². The molecule has 3 N–H and O–H groups in total. The highest BCUT2D eigenvalue weighted by Gasteiger charge is 2.49. The molecule has 0 spiro atoms. The Labute approximate surface area is 386 Å². The van der Waals surface area contributed by atoms with E-state index in [-0.39, 0.29) is 19.1 Å². The number of ether oxygens (including phenoxy) is 5. The average molecular weight is 892 g/mol. The summed E-state index contributed by atoms with van der Waals surface area (Å²) in [5.41, 5.74) is 1.20. The van der Waals surface area contributed by atoms with Crippen molar-refractivity contribution in [2.75, 3.05) is 13.2 Å². The van der Waals surface area contributed by atoms with Gasteiger partial charge in [0.2, 0.25) is 5.91 Å². The van der Waals surface area contributed by atoms with E-state index in [9.17, 15) is 19.8 Å². The van der Waals surface area contributed by atoms with Gasteiger partial charge in [-0.2, -0.15) is 0 Å². The summed E-state index contributed by atoms with van der Waals surface area (Å²) in [5, 5.41) is 25.7. The summed E-state index contributed by atoms with van der Waals surface area (Å²) >= 11 is 0. The van der Waals surface area contributed by atoms with Gasteiger partial charge in [0, 0.05) is 12.0 Å². The van der Waals surface area contributed by atoms with Crippen LogP contribution in [0.25, 0.3) is 0 Å². The summed E-state index contributed by atoms with van der Waals surface area (Å²) in [6.45, 7) is 4.47. The van der Waals surface area contributed by atoms with Gasteiger partial charge in [0.25, 0.3) is 0 Å². The second-order valence-electron chi connectivity index (χ2n) is 18.2. The molecule has 360 valence electrons. The first kappa shape index (κ1) is 53.5. The smallest absolute Gasteiger partial charge is 0.338 e. The van der Waals surface area contributed by atoms with E-state index in [0.717, 1.165) is 44.1 Å². The molecule has 2 saturated heterocycles. The molecule has 2 aliphatic heterocycles. The van der Waals surface area contributed by atoms with Crippen LogP contribution in [-0.4, -0.2) is 78.2 Å². The summed E-state index contributed by atoms with van der Waals surface area (Å²) in [5.74, 6) is -0.681. The fourth-order valence-electron chi connectivity index (χ4n) is 8.67. The summed E-state index contributed by atoms with van der Waals surface area (Å²) in [7, 11) is 0. The van der Waals surface area contributed by atoms with E-state index in [2.05, 4.69) is 19.2 Å². The van der Waals surface area contributed by atoms with Gasteiger partial charge in [0.05, 0.1) is 24.8 Å². The molecule has 0 radical (unpaired) electrons. The second-order valence-corrected chi connectivity index (χ2v) is 18.2. The number of fused-ring (bicyclic) bond motifs is 1. The zero-order valence-electron chi connectivity index (χ0n) is 39.6. The van der Waals surface area contributed by atoms with Crippen molar-refractivity contribution in [3.63, 3.8) is 0 Å². The molecule has 10 nitrogen and oxygen atoms in total. The van der Waals surface area contributed by atoms with E-state index in [1.165, 1.54) is 122 Å². The molecule has 0 aromatic heterocycles. The maximum absolute atomic E-state index is 13.6. The Kier molecular flexibility index (Phi) is 27.9. The Morgan fingerprint density at radius 3 is 1.75 bits per heavy atom. The molecule has 10 heteroatoms. The monoisotopic (exact) mass is 892 g/mol. The van der Waals surface area contributed by atoms with Crippen LogP contribution in [0, 0.1) is 0 Å². The maximum atomic E-state index is 13.6. The van der Waals surface area contributed by atoms with Gasteiger partial charge in [-0.3, -0.25) is 4.79 Å². The van der Waals surface area contributed by atoms with Gasteiger partial charge in [0.1, 0.15) is 30.5 Å². The molecule has 0 unspecified atom stereocenters. The van der Waals surface area contributed by atoms with Gasteiger partial charge in [-0.25, -0.2) is 4.79 Å². The van der Waals surface area contributed by atoms with Crippen LogP contribution in [0.3, 0.4) is 0 Å².